The van der Waals surface area contributed by atoms with Crippen LogP contribution in [0.1, 0.15) is 34.1 Å². The average molecular weight is 597 g/mol. The molecule has 4 atom stereocenters. The quantitative estimate of drug-likeness (QED) is 0.297. The number of amides is 2. The van der Waals surface area contributed by atoms with Crippen LogP contribution in [-0.2, 0) is 23.9 Å². The molecule has 2 amide bonds. The first-order chi connectivity index (χ1) is 17.7. The van der Waals surface area contributed by atoms with Crippen LogP contribution in [0.15, 0.2) is 70.3 Å². The molecule has 5 rings (SSSR count). The molecular formula is C30H35NO5SeSi. The van der Waals surface area contributed by atoms with Crippen LogP contribution in [0, 0.1) is 17.3 Å². The molecule has 1 spiro atoms. The molecule has 6 nitrogen and oxygen atoms in total. The number of cyclic esters (lactones) is 1. The van der Waals surface area contributed by atoms with Crippen molar-refractivity contribution < 1.29 is 23.9 Å². The second-order valence-electron chi connectivity index (χ2n) is 12.6. The van der Waals surface area contributed by atoms with E-state index < -0.39 is 48.6 Å². The standard InChI is InChI=1S/C30H35NO5SeSi/c1-28(2,3)29(4)35-27(34)30(36-29)18-21(26(38(5,6)7)37-20-16-12-9-13-17-20)22-23(30)25(33)31(24(22)32)19-14-10-8-11-15-19/h8-17,22-23H,18H2,1-7H3/b26-21-/t22-,23+,29-,30-/m1/s1. The van der Waals surface area contributed by atoms with Crippen LogP contribution in [-0.4, -0.2) is 52.2 Å². The fourth-order valence-corrected chi connectivity index (χ4v) is 11.5. The van der Waals surface area contributed by atoms with E-state index in [0.29, 0.717) is 5.69 Å². The SMILES string of the molecule is CC(C)(C)[C@]1(C)OC(=O)[C@]2(C/C(=C(\[Se]c3ccccc3)[Si](C)(C)C)[C@H]3C(=O)N(c4ccccc4)C(=O)[C@H]32)O1. The Morgan fingerprint density at radius 2 is 1.53 bits per heavy atom. The number of hydrogen-bond acceptors (Lipinski definition) is 5. The second kappa shape index (κ2) is 9.02. The molecule has 2 saturated heterocycles. The summed E-state index contributed by atoms with van der Waals surface area (Å²) in [6.07, 6.45) is 0.209. The van der Waals surface area contributed by atoms with Crippen LogP contribution in [0.5, 0.6) is 0 Å². The predicted molar refractivity (Wildman–Crippen MR) is 151 cm³/mol. The van der Waals surface area contributed by atoms with E-state index in [0.717, 1.165) is 5.57 Å². The third-order valence-electron chi connectivity index (χ3n) is 7.96. The van der Waals surface area contributed by atoms with Gasteiger partial charge in [0.1, 0.15) is 0 Å². The summed E-state index contributed by atoms with van der Waals surface area (Å²) in [5, 5.41) is 0. The first-order valence-corrected chi connectivity index (χ1v) is 18.2. The monoisotopic (exact) mass is 597 g/mol. The molecule has 2 aromatic carbocycles. The van der Waals surface area contributed by atoms with E-state index in [9.17, 15) is 14.4 Å². The van der Waals surface area contributed by atoms with Gasteiger partial charge in [0, 0.05) is 0 Å². The first kappa shape index (κ1) is 27.1. The van der Waals surface area contributed by atoms with Crippen molar-refractivity contribution in [2.45, 2.75) is 65.1 Å². The maximum atomic E-state index is 14.2. The average Bonchev–Trinajstić information content (AvgIpc) is 3.41. The molecule has 1 aliphatic carbocycles. The molecule has 0 radical (unpaired) electrons. The number of fused-ring (bicyclic) bond motifs is 2. The van der Waals surface area contributed by atoms with Crippen LogP contribution in [0.3, 0.4) is 0 Å². The van der Waals surface area contributed by atoms with Gasteiger partial charge in [-0.2, -0.15) is 0 Å². The van der Waals surface area contributed by atoms with E-state index in [1.165, 1.54) is 13.5 Å². The molecule has 200 valence electrons. The summed E-state index contributed by atoms with van der Waals surface area (Å²) in [6, 6.07) is 19.2. The van der Waals surface area contributed by atoms with Crippen LogP contribution in [0.25, 0.3) is 0 Å². The van der Waals surface area contributed by atoms with Crippen LogP contribution < -0.4 is 9.36 Å². The van der Waals surface area contributed by atoms with Crippen LogP contribution in [0.2, 0.25) is 19.6 Å². The Bertz CT molecular complexity index is 1330. The van der Waals surface area contributed by atoms with Gasteiger partial charge in [-0.05, 0) is 0 Å². The fourth-order valence-electron chi connectivity index (χ4n) is 5.63. The molecule has 1 saturated carbocycles. The number of anilines is 1. The molecule has 0 unspecified atom stereocenters. The zero-order valence-electron chi connectivity index (χ0n) is 23.0. The minimum atomic E-state index is -1.99. The van der Waals surface area contributed by atoms with Crippen molar-refractivity contribution in [3.05, 3.63) is 70.3 Å². The van der Waals surface area contributed by atoms with E-state index in [2.05, 4.69) is 31.8 Å². The molecule has 0 bridgehead atoms. The third kappa shape index (κ3) is 4.13. The molecule has 0 aromatic heterocycles. The van der Waals surface area contributed by atoms with Gasteiger partial charge in [0.15, 0.2) is 0 Å². The number of imide groups is 1. The summed E-state index contributed by atoms with van der Waals surface area (Å²) < 4.78 is 15.1. The Kier molecular flexibility index (Phi) is 6.42. The number of para-hydroxylation sites is 1. The van der Waals surface area contributed by atoms with Crippen molar-refractivity contribution in [2.24, 2.45) is 17.3 Å². The van der Waals surface area contributed by atoms with Crippen molar-refractivity contribution in [2.75, 3.05) is 4.90 Å². The van der Waals surface area contributed by atoms with Crippen molar-refractivity contribution in [1.82, 2.24) is 0 Å². The molecule has 2 aliphatic heterocycles. The van der Waals surface area contributed by atoms with E-state index in [-0.39, 0.29) is 27.3 Å². The second-order valence-corrected chi connectivity index (χ2v) is 20.7. The van der Waals surface area contributed by atoms with Gasteiger partial charge in [-0.1, -0.05) is 0 Å². The Balaban J connectivity index is 1.72. The number of hydrogen-bond donors (Lipinski definition) is 0. The maximum absolute atomic E-state index is 14.2. The summed E-state index contributed by atoms with van der Waals surface area (Å²) in [4.78, 5) is 43.4. The van der Waals surface area contributed by atoms with Gasteiger partial charge >= 0.3 is 232 Å². The molecule has 2 heterocycles. The topological polar surface area (TPSA) is 72.9 Å². The van der Waals surface area contributed by atoms with Gasteiger partial charge in [0.2, 0.25) is 0 Å². The Morgan fingerprint density at radius 1 is 0.947 bits per heavy atom. The van der Waals surface area contributed by atoms with E-state index in [4.69, 9.17) is 9.47 Å². The normalized spacial score (nSPS) is 30.7. The van der Waals surface area contributed by atoms with E-state index >= 15 is 0 Å². The van der Waals surface area contributed by atoms with Gasteiger partial charge in [0.25, 0.3) is 0 Å². The number of esters is 1. The van der Waals surface area contributed by atoms with Gasteiger partial charge in [-0.15, -0.1) is 0 Å². The summed E-state index contributed by atoms with van der Waals surface area (Å²) in [7, 11) is -1.99. The van der Waals surface area contributed by atoms with Crippen LogP contribution in [0.4, 0.5) is 5.69 Å². The zero-order chi connectivity index (χ0) is 27.7. The van der Waals surface area contributed by atoms with Crippen LogP contribution >= 0.6 is 0 Å². The summed E-state index contributed by atoms with van der Waals surface area (Å²) in [6.45, 7) is 14.4. The molecule has 3 aliphatic rings. The number of nitrogens with zero attached hydrogens (tertiary/aromatic N) is 1. The fraction of sp³-hybridized carbons (Fsp3) is 0.433. The number of carbonyl (C=O) groups excluding carboxylic acids is 3. The Morgan fingerprint density at radius 3 is 2.05 bits per heavy atom. The summed E-state index contributed by atoms with van der Waals surface area (Å²) in [5.74, 6) is -4.14. The number of ether oxygens (including phenoxy) is 2. The van der Waals surface area contributed by atoms with Gasteiger partial charge in [0.05, 0.1) is 0 Å². The summed E-state index contributed by atoms with van der Waals surface area (Å²) >= 11 is -0.0590. The molecule has 38 heavy (non-hydrogen) atoms. The molecule has 3 fully saturated rings. The molecule has 8 heteroatoms. The van der Waals surface area contributed by atoms with Gasteiger partial charge < -0.3 is 0 Å². The van der Waals surface area contributed by atoms with Crippen molar-refractivity contribution in [1.29, 1.82) is 0 Å². The van der Waals surface area contributed by atoms with E-state index in [1.807, 2.05) is 45.0 Å². The van der Waals surface area contributed by atoms with Gasteiger partial charge in [-0.3, -0.25) is 0 Å². The molecule has 2 aromatic rings. The summed E-state index contributed by atoms with van der Waals surface area (Å²) in [5.41, 5.74) is -0.644. The Labute approximate surface area is 231 Å². The predicted octanol–water partition coefficient (Wildman–Crippen LogP) is 4.43. The Hall–Kier alpha value is -2.51. The first-order valence-electron chi connectivity index (χ1n) is 13.0. The van der Waals surface area contributed by atoms with E-state index in [1.54, 1.807) is 31.2 Å². The van der Waals surface area contributed by atoms with Crippen molar-refractivity contribution >= 4 is 51.0 Å². The number of benzene rings is 2. The van der Waals surface area contributed by atoms with Crippen molar-refractivity contribution in [3.8, 4) is 0 Å². The number of carbonyl (C=O) groups is 3. The molecule has 0 N–H and O–H groups in total. The minimum absolute atomic E-state index is 0.0590. The third-order valence-corrected chi connectivity index (χ3v) is 16.1. The molecular weight excluding hydrogens is 561 g/mol. The number of rotatable bonds is 4. The zero-order valence-corrected chi connectivity index (χ0v) is 25.7. The van der Waals surface area contributed by atoms with Crippen molar-refractivity contribution in [3.63, 3.8) is 0 Å². The van der Waals surface area contributed by atoms with Gasteiger partial charge in [-0.25, -0.2) is 0 Å².